The summed E-state index contributed by atoms with van der Waals surface area (Å²) in [5.41, 5.74) is 7.40. The quantitative estimate of drug-likeness (QED) is 0.356. The SMILES string of the molecule is CCC(CC)N(C)c1ccc(/C(N)=N/O)cc1. The molecular formula is C13H21N3O. The molecule has 94 valence electrons. The molecule has 4 nitrogen and oxygen atoms in total. The number of anilines is 1. The number of hydrogen-bond donors (Lipinski definition) is 2. The van der Waals surface area contributed by atoms with Crippen molar-refractivity contribution in [2.45, 2.75) is 32.7 Å². The van der Waals surface area contributed by atoms with E-state index < -0.39 is 0 Å². The number of oxime groups is 1. The van der Waals surface area contributed by atoms with Crippen LogP contribution in [0.25, 0.3) is 0 Å². The zero-order valence-electron chi connectivity index (χ0n) is 10.7. The molecule has 0 unspecified atom stereocenters. The van der Waals surface area contributed by atoms with Crippen LogP contribution in [-0.4, -0.2) is 24.1 Å². The minimum atomic E-state index is 0.140. The topological polar surface area (TPSA) is 61.8 Å². The predicted octanol–water partition coefficient (Wildman–Crippen LogP) is 2.41. The summed E-state index contributed by atoms with van der Waals surface area (Å²) in [4.78, 5) is 2.26. The zero-order valence-corrected chi connectivity index (χ0v) is 10.7. The third-order valence-electron chi connectivity index (χ3n) is 3.17. The van der Waals surface area contributed by atoms with Crippen LogP contribution in [0.4, 0.5) is 5.69 Å². The Labute approximate surface area is 103 Å². The van der Waals surface area contributed by atoms with E-state index in [2.05, 4.69) is 31.0 Å². The molecule has 0 heterocycles. The number of nitrogens with zero attached hydrogens (tertiary/aromatic N) is 2. The molecule has 0 amide bonds. The number of nitrogens with two attached hydrogens (primary N) is 1. The van der Waals surface area contributed by atoms with Crippen molar-refractivity contribution in [1.29, 1.82) is 0 Å². The van der Waals surface area contributed by atoms with Crippen molar-refractivity contribution in [3.8, 4) is 0 Å². The van der Waals surface area contributed by atoms with Crippen LogP contribution in [0, 0.1) is 0 Å². The first-order valence-electron chi connectivity index (χ1n) is 5.94. The van der Waals surface area contributed by atoms with Crippen molar-refractivity contribution >= 4 is 11.5 Å². The van der Waals surface area contributed by atoms with E-state index in [1.54, 1.807) is 0 Å². The summed E-state index contributed by atoms with van der Waals surface area (Å²) in [7, 11) is 2.09. The molecule has 1 aromatic carbocycles. The maximum Gasteiger partial charge on any atom is 0.170 e. The molecular weight excluding hydrogens is 214 g/mol. The number of hydrogen-bond acceptors (Lipinski definition) is 3. The Balaban J connectivity index is 2.87. The summed E-state index contributed by atoms with van der Waals surface area (Å²) in [5.74, 6) is 0.140. The smallest absolute Gasteiger partial charge is 0.170 e. The zero-order chi connectivity index (χ0) is 12.8. The highest BCUT2D eigenvalue weighted by Gasteiger charge is 2.11. The lowest BCUT2D eigenvalue weighted by Crippen LogP contribution is -2.30. The summed E-state index contributed by atoms with van der Waals surface area (Å²) in [6.45, 7) is 4.38. The third kappa shape index (κ3) is 3.12. The average Bonchev–Trinajstić information content (AvgIpc) is 2.39. The van der Waals surface area contributed by atoms with Crippen molar-refractivity contribution < 1.29 is 5.21 Å². The van der Waals surface area contributed by atoms with E-state index in [0.29, 0.717) is 6.04 Å². The van der Waals surface area contributed by atoms with Crippen molar-refractivity contribution in [3.05, 3.63) is 29.8 Å². The molecule has 0 bridgehead atoms. The van der Waals surface area contributed by atoms with Gasteiger partial charge < -0.3 is 15.8 Å². The fourth-order valence-electron chi connectivity index (χ4n) is 1.97. The maximum absolute atomic E-state index is 8.58. The molecule has 1 aromatic rings. The van der Waals surface area contributed by atoms with Crippen LogP contribution in [-0.2, 0) is 0 Å². The molecule has 0 saturated heterocycles. The lowest BCUT2D eigenvalue weighted by molar-refractivity contribution is 0.318. The number of benzene rings is 1. The first-order chi connectivity index (χ1) is 8.13. The van der Waals surface area contributed by atoms with Crippen molar-refractivity contribution in [1.82, 2.24) is 0 Å². The van der Waals surface area contributed by atoms with Crippen LogP contribution in [0.5, 0.6) is 0 Å². The van der Waals surface area contributed by atoms with Crippen LogP contribution in [0.1, 0.15) is 32.3 Å². The molecule has 0 aromatic heterocycles. The molecule has 1 rings (SSSR count). The highest BCUT2D eigenvalue weighted by molar-refractivity contribution is 5.97. The Bertz CT molecular complexity index is 369. The van der Waals surface area contributed by atoms with Crippen molar-refractivity contribution in [3.63, 3.8) is 0 Å². The predicted molar refractivity (Wildman–Crippen MR) is 71.7 cm³/mol. The Morgan fingerprint density at radius 3 is 2.24 bits per heavy atom. The van der Waals surface area contributed by atoms with Gasteiger partial charge in [0.05, 0.1) is 0 Å². The van der Waals surface area contributed by atoms with Gasteiger partial charge in [0.2, 0.25) is 0 Å². The Morgan fingerprint density at radius 2 is 1.82 bits per heavy atom. The molecule has 0 saturated carbocycles. The molecule has 0 atom stereocenters. The maximum atomic E-state index is 8.58. The minimum absolute atomic E-state index is 0.140. The third-order valence-corrected chi connectivity index (χ3v) is 3.17. The standard InChI is InChI=1S/C13H21N3O/c1-4-11(5-2)16(3)12-8-6-10(7-9-12)13(14)15-17/h6-9,11,17H,4-5H2,1-3H3,(H2,14,15). The molecule has 17 heavy (non-hydrogen) atoms. The van der Waals surface area contributed by atoms with E-state index in [9.17, 15) is 0 Å². The number of rotatable bonds is 5. The van der Waals surface area contributed by atoms with Gasteiger partial charge >= 0.3 is 0 Å². The second-order valence-corrected chi connectivity index (χ2v) is 4.11. The normalized spacial score (nSPS) is 11.9. The van der Waals surface area contributed by atoms with Gasteiger partial charge in [-0.3, -0.25) is 0 Å². The highest BCUT2D eigenvalue weighted by Crippen LogP contribution is 2.19. The Kier molecular flexibility index (Phi) is 4.82. The lowest BCUT2D eigenvalue weighted by Gasteiger charge is -2.28. The van der Waals surface area contributed by atoms with Gasteiger partial charge in [-0.15, -0.1) is 0 Å². The second kappa shape index (κ2) is 6.13. The summed E-state index contributed by atoms with van der Waals surface area (Å²) < 4.78 is 0. The molecule has 3 N–H and O–H groups in total. The molecule has 0 aliphatic rings. The Hall–Kier alpha value is -1.71. The minimum Gasteiger partial charge on any atom is -0.409 e. The van der Waals surface area contributed by atoms with Gasteiger partial charge in [-0.1, -0.05) is 19.0 Å². The second-order valence-electron chi connectivity index (χ2n) is 4.11. The molecule has 0 radical (unpaired) electrons. The monoisotopic (exact) mass is 235 g/mol. The van der Waals surface area contributed by atoms with E-state index in [1.807, 2.05) is 24.3 Å². The molecule has 0 aliphatic carbocycles. The van der Waals surface area contributed by atoms with Gasteiger partial charge in [-0.25, -0.2) is 0 Å². The van der Waals surface area contributed by atoms with E-state index >= 15 is 0 Å². The number of amidine groups is 1. The molecule has 0 spiro atoms. The molecule has 0 aliphatic heterocycles. The summed E-state index contributed by atoms with van der Waals surface area (Å²) in [6, 6.07) is 8.26. The van der Waals surface area contributed by atoms with E-state index in [4.69, 9.17) is 10.9 Å². The van der Waals surface area contributed by atoms with Crippen LogP contribution < -0.4 is 10.6 Å². The van der Waals surface area contributed by atoms with Crippen LogP contribution in [0.15, 0.2) is 29.4 Å². The van der Waals surface area contributed by atoms with Gasteiger partial charge in [0.1, 0.15) is 0 Å². The van der Waals surface area contributed by atoms with Crippen molar-refractivity contribution in [2.75, 3.05) is 11.9 Å². The largest absolute Gasteiger partial charge is 0.409 e. The average molecular weight is 235 g/mol. The Morgan fingerprint density at radius 1 is 1.29 bits per heavy atom. The van der Waals surface area contributed by atoms with E-state index in [1.165, 1.54) is 0 Å². The van der Waals surface area contributed by atoms with Gasteiger partial charge in [0, 0.05) is 24.3 Å². The first-order valence-corrected chi connectivity index (χ1v) is 5.94. The molecule has 0 fully saturated rings. The lowest BCUT2D eigenvalue weighted by atomic mass is 10.1. The molecule has 4 heteroatoms. The fourth-order valence-corrected chi connectivity index (χ4v) is 1.97. The van der Waals surface area contributed by atoms with Gasteiger partial charge in [0.25, 0.3) is 0 Å². The van der Waals surface area contributed by atoms with E-state index in [0.717, 1.165) is 24.1 Å². The van der Waals surface area contributed by atoms with Gasteiger partial charge in [-0.2, -0.15) is 0 Å². The van der Waals surface area contributed by atoms with Gasteiger partial charge in [-0.05, 0) is 37.1 Å². The van der Waals surface area contributed by atoms with Crippen LogP contribution in [0.2, 0.25) is 0 Å². The summed E-state index contributed by atoms with van der Waals surface area (Å²) in [6.07, 6.45) is 2.24. The highest BCUT2D eigenvalue weighted by atomic mass is 16.4. The van der Waals surface area contributed by atoms with Gasteiger partial charge in [0.15, 0.2) is 5.84 Å². The van der Waals surface area contributed by atoms with Crippen LogP contribution >= 0.6 is 0 Å². The summed E-state index contributed by atoms with van der Waals surface area (Å²) in [5, 5.41) is 11.6. The van der Waals surface area contributed by atoms with Crippen molar-refractivity contribution in [2.24, 2.45) is 10.9 Å². The fraction of sp³-hybridized carbons (Fsp3) is 0.462. The van der Waals surface area contributed by atoms with E-state index in [-0.39, 0.29) is 5.84 Å². The first kappa shape index (κ1) is 13.4. The van der Waals surface area contributed by atoms with Crippen LogP contribution in [0.3, 0.4) is 0 Å². The summed E-state index contributed by atoms with van der Waals surface area (Å²) >= 11 is 0.